The smallest absolute Gasteiger partial charge is 0.314 e. The molecule has 5 nitrogen and oxygen atoms in total. The van der Waals surface area contributed by atoms with Crippen LogP contribution in [0.4, 0.5) is 4.79 Å². The molecule has 1 unspecified atom stereocenters. The van der Waals surface area contributed by atoms with Gasteiger partial charge in [-0.25, -0.2) is 4.79 Å². The molecule has 0 bridgehead atoms. The van der Waals surface area contributed by atoms with Crippen molar-refractivity contribution in [1.29, 1.82) is 0 Å². The molecule has 122 valence electrons. The van der Waals surface area contributed by atoms with E-state index in [9.17, 15) is 4.79 Å². The van der Waals surface area contributed by atoms with Crippen molar-refractivity contribution in [1.82, 2.24) is 10.6 Å². The lowest BCUT2D eigenvalue weighted by Crippen LogP contribution is -2.40. The molecule has 1 heterocycles. The molecule has 2 amide bonds. The SMILES string of the molecule is Cc1cccc(C(C)CNC(=O)NCCC2(C)OCCO2)c1. The maximum Gasteiger partial charge on any atom is 0.314 e. The highest BCUT2D eigenvalue weighted by atomic mass is 16.7. The van der Waals surface area contributed by atoms with Crippen molar-refractivity contribution in [2.75, 3.05) is 26.3 Å². The van der Waals surface area contributed by atoms with Gasteiger partial charge in [0, 0.05) is 19.5 Å². The van der Waals surface area contributed by atoms with Crippen LogP contribution in [0.25, 0.3) is 0 Å². The predicted molar refractivity (Wildman–Crippen MR) is 85.9 cm³/mol. The quantitative estimate of drug-likeness (QED) is 0.849. The Bertz CT molecular complexity index is 498. The first-order valence-corrected chi connectivity index (χ1v) is 7.85. The third-order valence-electron chi connectivity index (χ3n) is 3.94. The second kappa shape index (κ2) is 7.61. The van der Waals surface area contributed by atoms with Crippen molar-refractivity contribution >= 4 is 6.03 Å². The van der Waals surface area contributed by atoms with Crippen LogP contribution < -0.4 is 10.6 Å². The summed E-state index contributed by atoms with van der Waals surface area (Å²) in [6.07, 6.45) is 0.647. The topological polar surface area (TPSA) is 59.6 Å². The molecule has 1 aliphatic rings. The van der Waals surface area contributed by atoms with Gasteiger partial charge in [-0.05, 0) is 25.3 Å². The van der Waals surface area contributed by atoms with Gasteiger partial charge < -0.3 is 20.1 Å². The minimum absolute atomic E-state index is 0.152. The van der Waals surface area contributed by atoms with E-state index in [-0.39, 0.29) is 11.9 Å². The summed E-state index contributed by atoms with van der Waals surface area (Å²) in [6.45, 7) is 8.47. The number of amides is 2. The fourth-order valence-corrected chi connectivity index (χ4v) is 2.51. The third-order valence-corrected chi connectivity index (χ3v) is 3.94. The van der Waals surface area contributed by atoms with Gasteiger partial charge in [0.25, 0.3) is 0 Å². The molecule has 0 saturated carbocycles. The highest BCUT2D eigenvalue weighted by molar-refractivity contribution is 5.73. The van der Waals surface area contributed by atoms with E-state index in [1.807, 2.05) is 13.0 Å². The molecule has 0 radical (unpaired) electrons. The summed E-state index contributed by atoms with van der Waals surface area (Å²) in [6, 6.07) is 8.21. The summed E-state index contributed by atoms with van der Waals surface area (Å²) in [7, 11) is 0. The van der Waals surface area contributed by atoms with Crippen LogP contribution in [0.3, 0.4) is 0 Å². The number of hydrogen-bond donors (Lipinski definition) is 2. The third kappa shape index (κ3) is 5.00. The molecule has 1 aliphatic heterocycles. The fraction of sp³-hybridized carbons (Fsp3) is 0.588. The molecular formula is C17H26N2O3. The molecule has 5 heteroatoms. The highest BCUT2D eigenvalue weighted by Gasteiger charge is 2.30. The van der Waals surface area contributed by atoms with Gasteiger partial charge in [-0.3, -0.25) is 0 Å². The maximum absolute atomic E-state index is 11.8. The van der Waals surface area contributed by atoms with E-state index in [4.69, 9.17) is 9.47 Å². The highest BCUT2D eigenvalue weighted by Crippen LogP contribution is 2.21. The van der Waals surface area contributed by atoms with Crippen LogP contribution in [0.5, 0.6) is 0 Å². The summed E-state index contributed by atoms with van der Waals surface area (Å²) < 4.78 is 11.0. The summed E-state index contributed by atoms with van der Waals surface area (Å²) in [5, 5.41) is 5.75. The molecule has 0 aliphatic carbocycles. The van der Waals surface area contributed by atoms with E-state index >= 15 is 0 Å². The van der Waals surface area contributed by atoms with E-state index in [0.29, 0.717) is 32.7 Å². The Hall–Kier alpha value is -1.59. The first kappa shape index (κ1) is 16.8. The number of urea groups is 1. The molecule has 22 heavy (non-hydrogen) atoms. The van der Waals surface area contributed by atoms with Crippen molar-refractivity contribution in [3.8, 4) is 0 Å². The van der Waals surface area contributed by atoms with Crippen LogP contribution in [-0.4, -0.2) is 38.1 Å². The van der Waals surface area contributed by atoms with Gasteiger partial charge in [-0.1, -0.05) is 36.8 Å². The van der Waals surface area contributed by atoms with Crippen LogP contribution in [-0.2, 0) is 9.47 Å². The van der Waals surface area contributed by atoms with Crippen LogP contribution >= 0.6 is 0 Å². The summed E-state index contributed by atoms with van der Waals surface area (Å²) in [5.41, 5.74) is 2.47. The second-order valence-electron chi connectivity index (χ2n) is 6.03. The van der Waals surface area contributed by atoms with Crippen LogP contribution in [0.1, 0.15) is 37.3 Å². The minimum Gasteiger partial charge on any atom is -0.348 e. The lowest BCUT2D eigenvalue weighted by molar-refractivity contribution is -0.145. The van der Waals surface area contributed by atoms with E-state index < -0.39 is 5.79 Å². The lowest BCUT2D eigenvalue weighted by Gasteiger charge is -2.22. The largest absolute Gasteiger partial charge is 0.348 e. The van der Waals surface area contributed by atoms with Crippen molar-refractivity contribution in [3.05, 3.63) is 35.4 Å². The normalized spacial score (nSPS) is 18.0. The van der Waals surface area contributed by atoms with E-state index in [2.05, 4.69) is 42.7 Å². The Morgan fingerprint density at radius 1 is 1.32 bits per heavy atom. The van der Waals surface area contributed by atoms with Crippen LogP contribution in [0.2, 0.25) is 0 Å². The number of nitrogens with one attached hydrogen (secondary N) is 2. The van der Waals surface area contributed by atoms with Crippen LogP contribution in [0, 0.1) is 6.92 Å². The molecule has 1 aromatic rings. The number of hydrogen-bond acceptors (Lipinski definition) is 3. The van der Waals surface area contributed by atoms with E-state index in [1.54, 1.807) is 0 Å². The molecule has 1 aromatic carbocycles. The Morgan fingerprint density at radius 2 is 2.05 bits per heavy atom. The van der Waals surface area contributed by atoms with Gasteiger partial charge in [0.1, 0.15) is 0 Å². The average Bonchev–Trinajstić information content (AvgIpc) is 2.91. The van der Waals surface area contributed by atoms with Crippen molar-refractivity contribution < 1.29 is 14.3 Å². The molecule has 1 saturated heterocycles. The Balaban J connectivity index is 1.67. The number of rotatable bonds is 6. The Labute approximate surface area is 132 Å². The number of benzene rings is 1. The molecule has 2 rings (SSSR count). The number of aryl methyl sites for hydroxylation is 1. The molecule has 1 atom stereocenters. The van der Waals surface area contributed by atoms with Gasteiger partial charge in [0.15, 0.2) is 5.79 Å². The minimum atomic E-state index is -0.553. The summed E-state index contributed by atoms with van der Waals surface area (Å²) in [5.74, 6) is -0.271. The second-order valence-corrected chi connectivity index (χ2v) is 6.03. The van der Waals surface area contributed by atoms with Crippen molar-refractivity contribution in [3.63, 3.8) is 0 Å². The Morgan fingerprint density at radius 3 is 2.73 bits per heavy atom. The first-order valence-electron chi connectivity index (χ1n) is 7.85. The number of carbonyl (C=O) groups excluding carboxylic acids is 1. The van der Waals surface area contributed by atoms with Gasteiger partial charge in [-0.2, -0.15) is 0 Å². The maximum atomic E-state index is 11.8. The zero-order valence-corrected chi connectivity index (χ0v) is 13.6. The molecule has 0 spiro atoms. The molecular weight excluding hydrogens is 280 g/mol. The van der Waals surface area contributed by atoms with Crippen molar-refractivity contribution in [2.24, 2.45) is 0 Å². The summed E-state index contributed by atoms with van der Waals surface area (Å²) >= 11 is 0. The van der Waals surface area contributed by atoms with Crippen LogP contribution in [0.15, 0.2) is 24.3 Å². The molecule has 2 N–H and O–H groups in total. The standard InChI is InChI=1S/C17H26N2O3/c1-13-5-4-6-15(11-13)14(2)12-19-16(20)18-8-7-17(3)21-9-10-22-17/h4-6,11,14H,7-10,12H2,1-3H3,(H2,18,19,20). The predicted octanol–water partition coefficient (Wildman–Crippen LogP) is 2.55. The van der Waals surface area contributed by atoms with E-state index in [1.165, 1.54) is 11.1 Å². The first-order chi connectivity index (χ1) is 10.5. The van der Waals surface area contributed by atoms with Gasteiger partial charge in [0.2, 0.25) is 0 Å². The number of ether oxygens (including phenoxy) is 2. The lowest BCUT2D eigenvalue weighted by atomic mass is 9.99. The zero-order chi connectivity index (χ0) is 16.0. The van der Waals surface area contributed by atoms with Gasteiger partial charge >= 0.3 is 6.03 Å². The average molecular weight is 306 g/mol. The molecule has 1 fully saturated rings. The fourth-order valence-electron chi connectivity index (χ4n) is 2.51. The summed E-state index contributed by atoms with van der Waals surface area (Å²) in [4.78, 5) is 11.8. The van der Waals surface area contributed by atoms with Gasteiger partial charge in [-0.15, -0.1) is 0 Å². The van der Waals surface area contributed by atoms with E-state index in [0.717, 1.165) is 0 Å². The zero-order valence-electron chi connectivity index (χ0n) is 13.6. The monoisotopic (exact) mass is 306 g/mol. The number of carbonyl (C=O) groups is 1. The Kier molecular flexibility index (Phi) is 5.80. The van der Waals surface area contributed by atoms with Gasteiger partial charge in [0.05, 0.1) is 13.2 Å². The van der Waals surface area contributed by atoms with Crippen molar-refractivity contribution in [2.45, 2.75) is 38.9 Å². The molecule has 0 aromatic heterocycles.